The molecule has 0 heterocycles. The van der Waals surface area contributed by atoms with Crippen LogP contribution >= 0.6 is 0 Å². The van der Waals surface area contributed by atoms with Crippen molar-refractivity contribution in [2.24, 2.45) is 11.1 Å². The van der Waals surface area contributed by atoms with Crippen molar-refractivity contribution in [2.75, 3.05) is 26.2 Å². The first-order valence-electron chi connectivity index (χ1n) is 6.59. The molecule has 2 N–H and O–H groups in total. The summed E-state index contributed by atoms with van der Waals surface area (Å²) in [6.07, 6.45) is 7.05. The molecule has 0 unspecified atom stereocenters. The second-order valence-electron chi connectivity index (χ2n) is 5.38. The SMILES string of the molecule is C=CCCCCCN(CC)CC(C)(C)CN. The Labute approximate surface area is 102 Å². The van der Waals surface area contributed by atoms with Crippen LogP contribution in [0.15, 0.2) is 12.7 Å². The fraction of sp³-hybridized carbons (Fsp3) is 0.857. The van der Waals surface area contributed by atoms with Gasteiger partial charge >= 0.3 is 0 Å². The quantitative estimate of drug-likeness (QED) is 0.458. The summed E-state index contributed by atoms with van der Waals surface area (Å²) in [7, 11) is 0. The van der Waals surface area contributed by atoms with Gasteiger partial charge in [-0.05, 0) is 44.3 Å². The Hall–Kier alpha value is -0.340. The molecule has 0 aliphatic carbocycles. The second-order valence-corrected chi connectivity index (χ2v) is 5.38. The summed E-state index contributed by atoms with van der Waals surface area (Å²) in [6, 6.07) is 0. The largest absolute Gasteiger partial charge is 0.330 e. The van der Waals surface area contributed by atoms with Crippen LogP contribution in [-0.2, 0) is 0 Å². The van der Waals surface area contributed by atoms with Crippen LogP contribution in [-0.4, -0.2) is 31.1 Å². The first-order chi connectivity index (χ1) is 7.55. The van der Waals surface area contributed by atoms with Gasteiger partial charge in [0.2, 0.25) is 0 Å². The minimum Gasteiger partial charge on any atom is -0.330 e. The lowest BCUT2D eigenvalue weighted by atomic mass is 9.93. The van der Waals surface area contributed by atoms with Gasteiger partial charge in [-0.1, -0.05) is 33.3 Å². The number of rotatable bonds is 10. The lowest BCUT2D eigenvalue weighted by Gasteiger charge is -2.31. The Kier molecular flexibility index (Phi) is 8.58. The van der Waals surface area contributed by atoms with E-state index in [0.717, 1.165) is 26.1 Å². The van der Waals surface area contributed by atoms with Crippen molar-refractivity contribution in [1.29, 1.82) is 0 Å². The first-order valence-corrected chi connectivity index (χ1v) is 6.59. The molecule has 0 aromatic carbocycles. The first kappa shape index (κ1) is 15.7. The van der Waals surface area contributed by atoms with Gasteiger partial charge in [-0.2, -0.15) is 0 Å². The normalized spacial score (nSPS) is 12.1. The maximum absolute atomic E-state index is 5.77. The average molecular weight is 226 g/mol. The van der Waals surface area contributed by atoms with Gasteiger partial charge in [0.25, 0.3) is 0 Å². The molecule has 0 atom stereocenters. The molecule has 0 aromatic heterocycles. The van der Waals surface area contributed by atoms with Crippen LogP contribution in [0.2, 0.25) is 0 Å². The van der Waals surface area contributed by atoms with Gasteiger partial charge in [-0.3, -0.25) is 0 Å². The van der Waals surface area contributed by atoms with E-state index in [1.54, 1.807) is 0 Å². The zero-order valence-corrected chi connectivity index (χ0v) is 11.5. The number of hydrogen-bond donors (Lipinski definition) is 1. The highest BCUT2D eigenvalue weighted by Gasteiger charge is 2.18. The lowest BCUT2D eigenvalue weighted by molar-refractivity contribution is 0.187. The van der Waals surface area contributed by atoms with Crippen LogP contribution in [0.5, 0.6) is 0 Å². The van der Waals surface area contributed by atoms with Gasteiger partial charge in [0.1, 0.15) is 0 Å². The van der Waals surface area contributed by atoms with E-state index >= 15 is 0 Å². The van der Waals surface area contributed by atoms with E-state index in [-0.39, 0.29) is 5.41 Å². The summed E-state index contributed by atoms with van der Waals surface area (Å²) >= 11 is 0. The molecule has 2 heteroatoms. The van der Waals surface area contributed by atoms with Crippen molar-refractivity contribution in [3.05, 3.63) is 12.7 Å². The Morgan fingerprint density at radius 2 is 1.94 bits per heavy atom. The predicted octanol–water partition coefficient (Wildman–Crippen LogP) is 3.04. The van der Waals surface area contributed by atoms with E-state index in [1.165, 1.54) is 25.8 Å². The molecular weight excluding hydrogens is 196 g/mol. The molecule has 0 aliphatic heterocycles. The Morgan fingerprint density at radius 1 is 1.25 bits per heavy atom. The van der Waals surface area contributed by atoms with Crippen LogP contribution in [0.25, 0.3) is 0 Å². The molecule has 0 rings (SSSR count). The molecule has 0 aliphatic rings. The van der Waals surface area contributed by atoms with E-state index in [9.17, 15) is 0 Å². The zero-order valence-electron chi connectivity index (χ0n) is 11.5. The molecule has 16 heavy (non-hydrogen) atoms. The summed E-state index contributed by atoms with van der Waals surface area (Å²) in [4.78, 5) is 2.51. The summed E-state index contributed by atoms with van der Waals surface area (Å²) in [5.74, 6) is 0. The van der Waals surface area contributed by atoms with Crippen molar-refractivity contribution >= 4 is 0 Å². The second kappa shape index (κ2) is 8.77. The summed E-state index contributed by atoms with van der Waals surface area (Å²) in [5.41, 5.74) is 6.01. The smallest absolute Gasteiger partial charge is 0.00446 e. The summed E-state index contributed by atoms with van der Waals surface area (Å²) in [6.45, 7) is 14.7. The monoisotopic (exact) mass is 226 g/mol. The van der Waals surface area contributed by atoms with Gasteiger partial charge in [-0.15, -0.1) is 6.58 Å². The molecule has 0 spiro atoms. The number of unbranched alkanes of at least 4 members (excludes halogenated alkanes) is 3. The van der Waals surface area contributed by atoms with Crippen LogP contribution in [0.3, 0.4) is 0 Å². The topological polar surface area (TPSA) is 29.3 Å². The maximum Gasteiger partial charge on any atom is 0.00446 e. The minimum absolute atomic E-state index is 0.247. The lowest BCUT2D eigenvalue weighted by Crippen LogP contribution is -2.39. The van der Waals surface area contributed by atoms with E-state index in [0.29, 0.717) is 0 Å². The van der Waals surface area contributed by atoms with Crippen LogP contribution < -0.4 is 5.73 Å². The predicted molar refractivity (Wildman–Crippen MR) is 73.6 cm³/mol. The third-order valence-electron chi connectivity index (χ3n) is 3.03. The molecule has 0 amide bonds. The highest BCUT2D eigenvalue weighted by Crippen LogP contribution is 2.15. The standard InChI is InChI=1S/C14H30N2/c1-5-7-8-9-10-11-16(6-2)13-14(3,4)12-15/h5H,1,6-13,15H2,2-4H3. The third-order valence-corrected chi connectivity index (χ3v) is 3.03. The van der Waals surface area contributed by atoms with E-state index in [2.05, 4.69) is 32.3 Å². The van der Waals surface area contributed by atoms with Crippen LogP contribution in [0.1, 0.15) is 46.5 Å². The minimum atomic E-state index is 0.247. The van der Waals surface area contributed by atoms with Gasteiger partial charge < -0.3 is 10.6 Å². The summed E-state index contributed by atoms with van der Waals surface area (Å²) < 4.78 is 0. The molecule has 96 valence electrons. The highest BCUT2D eigenvalue weighted by atomic mass is 15.1. The van der Waals surface area contributed by atoms with Crippen LogP contribution in [0.4, 0.5) is 0 Å². The molecule has 0 fully saturated rings. The molecule has 0 aromatic rings. The number of nitrogens with zero attached hydrogens (tertiary/aromatic N) is 1. The van der Waals surface area contributed by atoms with E-state index in [1.807, 2.05) is 6.08 Å². The fourth-order valence-electron chi connectivity index (χ4n) is 1.82. The van der Waals surface area contributed by atoms with Gasteiger partial charge in [0, 0.05) is 6.54 Å². The van der Waals surface area contributed by atoms with Gasteiger partial charge in [0.15, 0.2) is 0 Å². The fourth-order valence-corrected chi connectivity index (χ4v) is 1.82. The Morgan fingerprint density at radius 3 is 2.44 bits per heavy atom. The van der Waals surface area contributed by atoms with E-state index in [4.69, 9.17) is 5.73 Å². The molecule has 0 bridgehead atoms. The number of hydrogen-bond acceptors (Lipinski definition) is 2. The van der Waals surface area contributed by atoms with E-state index < -0.39 is 0 Å². The highest BCUT2D eigenvalue weighted by molar-refractivity contribution is 4.74. The maximum atomic E-state index is 5.77. The number of allylic oxidation sites excluding steroid dienone is 1. The molecule has 0 saturated carbocycles. The average Bonchev–Trinajstić information content (AvgIpc) is 2.27. The Balaban J connectivity index is 3.70. The van der Waals surface area contributed by atoms with Crippen molar-refractivity contribution < 1.29 is 0 Å². The Bertz CT molecular complexity index is 176. The molecular formula is C14H30N2. The molecule has 0 saturated heterocycles. The van der Waals surface area contributed by atoms with Crippen molar-refractivity contribution in [3.8, 4) is 0 Å². The van der Waals surface area contributed by atoms with Crippen molar-refractivity contribution in [2.45, 2.75) is 46.5 Å². The van der Waals surface area contributed by atoms with Gasteiger partial charge in [-0.25, -0.2) is 0 Å². The zero-order chi connectivity index (χ0) is 12.4. The van der Waals surface area contributed by atoms with Crippen molar-refractivity contribution in [1.82, 2.24) is 4.90 Å². The molecule has 0 radical (unpaired) electrons. The van der Waals surface area contributed by atoms with Gasteiger partial charge in [0.05, 0.1) is 0 Å². The van der Waals surface area contributed by atoms with Crippen molar-refractivity contribution in [3.63, 3.8) is 0 Å². The molecule has 2 nitrogen and oxygen atoms in total. The third kappa shape index (κ3) is 7.89. The number of nitrogens with two attached hydrogens (primary N) is 1. The van der Waals surface area contributed by atoms with Crippen LogP contribution in [0, 0.1) is 5.41 Å². The summed E-state index contributed by atoms with van der Waals surface area (Å²) in [5, 5.41) is 0.